The zero-order valence-corrected chi connectivity index (χ0v) is 15.7. The Balaban J connectivity index is 2.23. The van der Waals surface area contributed by atoms with Crippen molar-refractivity contribution in [3.63, 3.8) is 0 Å². The molecular formula is C18H27NO6. The number of carbonyl (C=O) groups excluding carboxylic acids is 3. The fourth-order valence-electron chi connectivity index (χ4n) is 2.93. The second kappa shape index (κ2) is 6.69. The normalized spacial score (nSPS) is 26.6. The van der Waals surface area contributed by atoms with Crippen LogP contribution in [0.2, 0.25) is 0 Å². The molecule has 2 heterocycles. The molecule has 2 aliphatic rings. The van der Waals surface area contributed by atoms with Crippen LogP contribution in [0.5, 0.6) is 0 Å². The number of hydrogen-bond acceptors (Lipinski definition) is 6. The summed E-state index contributed by atoms with van der Waals surface area (Å²) in [5, 5.41) is 0. The molecule has 0 radical (unpaired) electrons. The van der Waals surface area contributed by atoms with Crippen LogP contribution in [0, 0.1) is 0 Å². The molecule has 0 bridgehead atoms. The van der Waals surface area contributed by atoms with Crippen LogP contribution in [0.4, 0.5) is 4.79 Å². The highest BCUT2D eigenvalue weighted by atomic mass is 16.6. The van der Waals surface area contributed by atoms with Crippen molar-refractivity contribution in [2.24, 2.45) is 0 Å². The molecule has 0 spiro atoms. The summed E-state index contributed by atoms with van der Waals surface area (Å²) in [6.07, 6.45) is 2.71. The molecule has 1 fully saturated rings. The maximum absolute atomic E-state index is 12.7. The third-order valence-electron chi connectivity index (χ3n) is 3.77. The van der Waals surface area contributed by atoms with E-state index in [9.17, 15) is 14.4 Å². The first-order valence-electron chi connectivity index (χ1n) is 8.50. The topological polar surface area (TPSA) is 82.1 Å². The fraction of sp³-hybridized carbons (Fsp3) is 0.722. The third-order valence-corrected chi connectivity index (χ3v) is 3.77. The zero-order chi connectivity index (χ0) is 19.0. The van der Waals surface area contributed by atoms with Crippen LogP contribution in [0.3, 0.4) is 0 Å². The Labute approximate surface area is 148 Å². The number of carbonyl (C=O) groups is 3. The molecule has 1 saturated heterocycles. The molecule has 1 amide bonds. The molecule has 7 nitrogen and oxygen atoms in total. The molecular weight excluding hydrogens is 326 g/mol. The predicted molar refractivity (Wildman–Crippen MR) is 89.7 cm³/mol. The minimum Gasteiger partial charge on any atom is -0.458 e. The second-order valence-corrected chi connectivity index (χ2v) is 8.34. The SMILES string of the molecule is CC(C)(C)OC(=O)[C@@H]1CCC(C2C=CC(=O)O2)N1C(=O)OC(C)(C)C. The average Bonchev–Trinajstić information content (AvgIpc) is 2.99. The number of esters is 2. The van der Waals surface area contributed by atoms with Crippen molar-refractivity contribution in [3.8, 4) is 0 Å². The fourth-order valence-corrected chi connectivity index (χ4v) is 2.93. The number of ether oxygens (including phenoxy) is 3. The Bertz CT molecular complexity index is 583. The number of nitrogens with zero attached hydrogens (tertiary/aromatic N) is 1. The minimum absolute atomic E-state index is 0.431. The van der Waals surface area contributed by atoms with Gasteiger partial charge in [0.05, 0.1) is 6.04 Å². The first-order valence-corrected chi connectivity index (χ1v) is 8.50. The largest absolute Gasteiger partial charge is 0.458 e. The summed E-state index contributed by atoms with van der Waals surface area (Å²) < 4.78 is 16.1. The molecule has 3 atom stereocenters. The quantitative estimate of drug-likeness (QED) is 0.560. The van der Waals surface area contributed by atoms with E-state index in [4.69, 9.17) is 14.2 Å². The number of likely N-dealkylation sites (tertiary alicyclic amines) is 1. The second-order valence-electron chi connectivity index (χ2n) is 8.34. The van der Waals surface area contributed by atoms with Crippen LogP contribution >= 0.6 is 0 Å². The van der Waals surface area contributed by atoms with E-state index < -0.39 is 47.4 Å². The van der Waals surface area contributed by atoms with Gasteiger partial charge in [0.2, 0.25) is 0 Å². The number of cyclic esters (lactones) is 1. The summed E-state index contributed by atoms with van der Waals surface area (Å²) in [6, 6.07) is -1.21. The maximum atomic E-state index is 12.7. The number of hydrogen-bond donors (Lipinski definition) is 0. The molecule has 0 aromatic rings. The molecule has 2 unspecified atom stereocenters. The van der Waals surface area contributed by atoms with Crippen molar-refractivity contribution in [2.75, 3.05) is 0 Å². The Hall–Kier alpha value is -2.05. The Kier molecular flexibility index (Phi) is 5.16. The van der Waals surface area contributed by atoms with Crippen molar-refractivity contribution in [2.45, 2.75) is 83.8 Å². The molecule has 7 heteroatoms. The number of rotatable bonds is 2. The highest BCUT2D eigenvalue weighted by molar-refractivity contribution is 5.85. The van der Waals surface area contributed by atoms with Crippen molar-refractivity contribution >= 4 is 18.0 Å². The van der Waals surface area contributed by atoms with Gasteiger partial charge in [-0.15, -0.1) is 0 Å². The maximum Gasteiger partial charge on any atom is 0.411 e. The van der Waals surface area contributed by atoms with Crippen LogP contribution in [0.15, 0.2) is 12.2 Å². The van der Waals surface area contributed by atoms with Crippen LogP contribution in [-0.4, -0.2) is 52.3 Å². The molecule has 0 aromatic heterocycles. The Morgan fingerprint density at radius 1 is 1.08 bits per heavy atom. The van der Waals surface area contributed by atoms with Crippen molar-refractivity contribution in [1.82, 2.24) is 4.90 Å². The van der Waals surface area contributed by atoms with Gasteiger partial charge in [-0.2, -0.15) is 0 Å². The van der Waals surface area contributed by atoms with Gasteiger partial charge in [-0.1, -0.05) is 0 Å². The van der Waals surface area contributed by atoms with Gasteiger partial charge in [-0.25, -0.2) is 14.4 Å². The van der Waals surface area contributed by atoms with Gasteiger partial charge in [0.15, 0.2) is 0 Å². The van der Waals surface area contributed by atoms with E-state index in [1.165, 1.54) is 11.0 Å². The van der Waals surface area contributed by atoms with Gasteiger partial charge in [-0.05, 0) is 60.5 Å². The molecule has 0 aliphatic carbocycles. The van der Waals surface area contributed by atoms with Gasteiger partial charge < -0.3 is 14.2 Å². The van der Waals surface area contributed by atoms with E-state index >= 15 is 0 Å². The molecule has 0 N–H and O–H groups in total. The zero-order valence-electron chi connectivity index (χ0n) is 15.7. The van der Waals surface area contributed by atoms with Crippen molar-refractivity contribution in [3.05, 3.63) is 12.2 Å². The summed E-state index contributed by atoms with van der Waals surface area (Å²) in [6.45, 7) is 10.6. The summed E-state index contributed by atoms with van der Waals surface area (Å²) in [4.78, 5) is 38.0. The molecule has 25 heavy (non-hydrogen) atoms. The third kappa shape index (κ3) is 4.96. The lowest BCUT2D eigenvalue weighted by Gasteiger charge is -2.34. The first kappa shape index (κ1) is 19.3. The van der Waals surface area contributed by atoms with Gasteiger partial charge in [-0.3, -0.25) is 4.90 Å². The molecule has 2 aliphatic heterocycles. The number of amides is 1. The van der Waals surface area contributed by atoms with Gasteiger partial charge in [0, 0.05) is 6.08 Å². The first-order chi connectivity index (χ1) is 11.4. The smallest absolute Gasteiger partial charge is 0.411 e. The Morgan fingerprint density at radius 2 is 1.68 bits per heavy atom. The van der Waals surface area contributed by atoms with E-state index in [0.717, 1.165) is 0 Å². The average molecular weight is 353 g/mol. The summed E-state index contributed by atoms with van der Waals surface area (Å²) >= 11 is 0. The molecule has 0 saturated carbocycles. The summed E-state index contributed by atoms with van der Waals surface area (Å²) in [5.41, 5.74) is -1.36. The predicted octanol–water partition coefficient (Wildman–Crippen LogP) is 2.58. The lowest BCUT2D eigenvalue weighted by molar-refractivity contribution is -0.161. The summed E-state index contributed by atoms with van der Waals surface area (Å²) in [7, 11) is 0. The lowest BCUT2D eigenvalue weighted by Crippen LogP contribution is -2.51. The summed E-state index contributed by atoms with van der Waals surface area (Å²) in [5.74, 6) is -0.927. The van der Waals surface area contributed by atoms with Crippen molar-refractivity contribution in [1.29, 1.82) is 0 Å². The van der Waals surface area contributed by atoms with Gasteiger partial charge in [0.25, 0.3) is 0 Å². The molecule has 0 aromatic carbocycles. The van der Waals surface area contributed by atoms with Crippen molar-refractivity contribution < 1.29 is 28.6 Å². The Morgan fingerprint density at radius 3 is 2.16 bits per heavy atom. The van der Waals surface area contributed by atoms with Crippen LogP contribution < -0.4 is 0 Å². The van der Waals surface area contributed by atoms with E-state index in [0.29, 0.717) is 12.8 Å². The standard InChI is InChI=1S/C18H27NO6/c1-17(2,3)24-15(21)12-8-7-11(13-9-10-14(20)23-13)19(12)16(22)25-18(4,5)6/h9-13H,7-8H2,1-6H3/t11?,12-,13?/m0/s1. The monoisotopic (exact) mass is 353 g/mol. The van der Waals surface area contributed by atoms with E-state index in [2.05, 4.69) is 0 Å². The molecule has 140 valence electrons. The lowest BCUT2D eigenvalue weighted by atomic mass is 10.1. The van der Waals surface area contributed by atoms with Crippen LogP contribution in [-0.2, 0) is 23.8 Å². The highest BCUT2D eigenvalue weighted by Crippen LogP contribution is 2.32. The molecule has 2 rings (SSSR count). The van der Waals surface area contributed by atoms with E-state index in [1.807, 2.05) is 0 Å². The van der Waals surface area contributed by atoms with Gasteiger partial charge >= 0.3 is 18.0 Å². The van der Waals surface area contributed by atoms with E-state index in [-0.39, 0.29) is 0 Å². The highest BCUT2D eigenvalue weighted by Gasteiger charge is 2.48. The van der Waals surface area contributed by atoms with Crippen LogP contribution in [0.1, 0.15) is 54.4 Å². The van der Waals surface area contributed by atoms with Gasteiger partial charge in [0.1, 0.15) is 23.3 Å². The minimum atomic E-state index is -0.758. The van der Waals surface area contributed by atoms with E-state index in [1.54, 1.807) is 47.6 Å². The van der Waals surface area contributed by atoms with Crippen LogP contribution in [0.25, 0.3) is 0 Å².